The Bertz CT molecular complexity index is 551. The standard InChI is InChI=1S/C14H19N3O2/c1-10(16-9-14-15-6-7-17(14)2)12-5-4-11(19-3)8-13(12)18/h4-8,10,16,18H,9H2,1-3H3. The van der Waals surface area contributed by atoms with E-state index in [9.17, 15) is 5.11 Å². The van der Waals surface area contributed by atoms with Gasteiger partial charge < -0.3 is 19.7 Å². The zero-order valence-corrected chi connectivity index (χ0v) is 11.4. The molecule has 0 aliphatic rings. The van der Waals surface area contributed by atoms with Crippen LogP contribution >= 0.6 is 0 Å². The molecule has 0 fully saturated rings. The van der Waals surface area contributed by atoms with Crippen LogP contribution < -0.4 is 10.1 Å². The topological polar surface area (TPSA) is 59.3 Å². The molecule has 0 bridgehead atoms. The van der Waals surface area contributed by atoms with E-state index in [0.29, 0.717) is 12.3 Å². The predicted molar refractivity (Wildman–Crippen MR) is 73.1 cm³/mol. The molecule has 0 amide bonds. The first-order valence-corrected chi connectivity index (χ1v) is 6.18. The minimum atomic E-state index is 0.0302. The monoisotopic (exact) mass is 261 g/mol. The second-order valence-electron chi connectivity index (χ2n) is 4.48. The van der Waals surface area contributed by atoms with E-state index in [-0.39, 0.29) is 11.8 Å². The van der Waals surface area contributed by atoms with E-state index in [1.165, 1.54) is 0 Å². The molecule has 0 spiro atoms. The smallest absolute Gasteiger partial charge is 0.124 e. The highest BCUT2D eigenvalue weighted by Gasteiger charge is 2.11. The molecule has 19 heavy (non-hydrogen) atoms. The fourth-order valence-corrected chi connectivity index (χ4v) is 1.94. The molecule has 0 radical (unpaired) electrons. The van der Waals surface area contributed by atoms with Crippen molar-refractivity contribution in [2.24, 2.45) is 7.05 Å². The first kappa shape index (κ1) is 13.4. The number of ether oxygens (including phenoxy) is 1. The van der Waals surface area contributed by atoms with Gasteiger partial charge in [0.25, 0.3) is 0 Å². The normalized spacial score (nSPS) is 12.4. The molecule has 0 aliphatic carbocycles. The molecule has 0 aliphatic heterocycles. The lowest BCUT2D eigenvalue weighted by Crippen LogP contribution is -2.20. The molecule has 102 valence electrons. The van der Waals surface area contributed by atoms with Gasteiger partial charge in [-0.1, -0.05) is 6.07 Å². The number of methoxy groups -OCH3 is 1. The van der Waals surface area contributed by atoms with E-state index < -0.39 is 0 Å². The molecule has 0 saturated carbocycles. The molecule has 2 aromatic rings. The molecule has 1 heterocycles. The second kappa shape index (κ2) is 5.75. The van der Waals surface area contributed by atoms with Crippen LogP contribution in [0.4, 0.5) is 0 Å². The minimum absolute atomic E-state index is 0.0302. The summed E-state index contributed by atoms with van der Waals surface area (Å²) >= 11 is 0. The van der Waals surface area contributed by atoms with Crippen molar-refractivity contribution in [3.05, 3.63) is 42.0 Å². The lowest BCUT2D eigenvalue weighted by molar-refractivity contribution is 0.403. The van der Waals surface area contributed by atoms with Crippen molar-refractivity contribution >= 4 is 0 Å². The Morgan fingerprint density at radius 1 is 1.47 bits per heavy atom. The van der Waals surface area contributed by atoms with Crippen molar-refractivity contribution in [2.45, 2.75) is 19.5 Å². The van der Waals surface area contributed by atoms with Crippen molar-refractivity contribution in [2.75, 3.05) is 7.11 Å². The van der Waals surface area contributed by atoms with Crippen molar-refractivity contribution in [3.8, 4) is 11.5 Å². The maximum Gasteiger partial charge on any atom is 0.124 e. The largest absolute Gasteiger partial charge is 0.507 e. The maximum absolute atomic E-state index is 9.96. The summed E-state index contributed by atoms with van der Waals surface area (Å²) in [6, 6.07) is 5.36. The number of aryl methyl sites for hydroxylation is 1. The third-order valence-corrected chi connectivity index (χ3v) is 3.19. The van der Waals surface area contributed by atoms with Gasteiger partial charge in [-0.3, -0.25) is 0 Å². The van der Waals surface area contributed by atoms with Gasteiger partial charge in [0.1, 0.15) is 17.3 Å². The maximum atomic E-state index is 9.96. The van der Waals surface area contributed by atoms with Crippen LogP contribution in [0, 0.1) is 0 Å². The number of rotatable bonds is 5. The fraction of sp³-hybridized carbons (Fsp3) is 0.357. The number of phenols is 1. The van der Waals surface area contributed by atoms with Gasteiger partial charge in [-0.15, -0.1) is 0 Å². The van der Waals surface area contributed by atoms with E-state index in [2.05, 4.69) is 10.3 Å². The van der Waals surface area contributed by atoms with Gasteiger partial charge in [0, 0.05) is 37.1 Å². The van der Waals surface area contributed by atoms with Gasteiger partial charge in [0.05, 0.1) is 13.7 Å². The van der Waals surface area contributed by atoms with Crippen LogP contribution in [0.3, 0.4) is 0 Å². The van der Waals surface area contributed by atoms with Crippen molar-refractivity contribution in [3.63, 3.8) is 0 Å². The number of nitrogens with zero attached hydrogens (tertiary/aromatic N) is 2. The van der Waals surface area contributed by atoms with Crippen LogP contribution in [0.2, 0.25) is 0 Å². The average Bonchev–Trinajstić information content (AvgIpc) is 2.81. The zero-order chi connectivity index (χ0) is 13.8. The molecule has 2 rings (SSSR count). The summed E-state index contributed by atoms with van der Waals surface area (Å²) in [4.78, 5) is 4.25. The van der Waals surface area contributed by atoms with Gasteiger partial charge in [-0.05, 0) is 13.0 Å². The summed E-state index contributed by atoms with van der Waals surface area (Å²) in [5.41, 5.74) is 0.843. The molecule has 1 aromatic heterocycles. The highest BCUT2D eigenvalue weighted by molar-refractivity contribution is 5.41. The Kier molecular flexibility index (Phi) is 4.06. The fourth-order valence-electron chi connectivity index (χ4n) is 1.94. The Labute approximate surface area is 112 Å². The van der Waals surface area contributed by atoms with Crippen molar-refractivity contribution in [1.82, 2.24) is 14.9 Å². The molecular weight excluding hydrogens is 242 g/mol. The molecule has 2 N–H and O–H groups in total. The van der Waals surface area contributed by atoms with Gasteiger partial charge in [0.15, 0.2) is 0 Å². The molecule has 1 atom stereocenters. The summed E-state index contributed by atoms with van der Waals surface area (Å²) in [7, 11) is 3.54. The second-order valence-corrected chi connectivity index (χ2v) is 4.48. The van der Waals surface area contributed by atoms with Gasteiger partial charge in [-0.2, -0.15) is 0 Å². The number of aromatic nitrogens is 2. The van der Waals surface area contributed by atoms with Crippen molar-refractivity contribution < 1.29 is 9.84 Å². The number of phenolic OH excluding ortho intramolecular Hbond substituents is 1. The Hall–Kier alpha value is -2.01. The lowest BCUT2D eigenvalue weighted by Gasteiger charge is -2.16. The molecule has 1 aromatic carbocycles. The Balaban J connectivity index is 2.03. The van der Waals surface area contributed by atoms with Crippen LogP contribution in [0.5, 0.6) is 11.5 Å². The van der Waals surface area contributed by atoms with Gasteiger partial charge in [-0.25, -0.2) is 4.98 Å². The number of hydrogen-bond acceptors (Lipinski definition) is 4. The van der Waals surface area contributed by atoms with E-state index >= 15 is 0 Å². The molecule has 5 nitrogen and oxygen atoms in total. The van der Waals surface area contributed by atoms with E-state index in [4.69, 9.17) is 4.74 Å². The minimum Gasteiger partial charge on any atom is -0.507 e. The summed E-state index contributed by atoms with van der Waals surface area (Å²) in [5.74, 6) is 1.84. The highest BCUT2D eigenvalue weighted by atomic mass is 16.5. The SMILES string of the molecule is COc1ccc(C(C)NCc2nccn2C)c(O)c1. The predicted octanol–water partition coefficient (Wildman–Crippen LogP) is 1.99. The van der Waals surface area contributed by atoms with E-state index in [1.807, 2.05) is 36.9 Å². The lowest BCUT2D eigenvalue weighted by atomic mass is 10.1. The number of aromatic hydroxyl groups is 1. The van der Waals surface area contributed by atoms with Gasteiger partial charge in [0.2, 0.25) is 0 Å². The van der Waals surface area contributed by atoms with Crippen LogP contribution in [0.1, 0.15) is 24.4 Å². The Morgan fingerprint density at radius 3 is 2.84 bits per heavy atom. The zero-order valence-electron chi connectivity index (χ0n) is 11.4. The summed E-state index contributed by atoms with van der Waals surface area (Å²) in [5, 5.41) is 13.3. The van der Waals surface area contributed by atoms with Crippen LogP contribution in [-0.4, -0.2) is 21.8 Å². The van der Waals surface area contributed by atoms with Crippen LogP contribution in [0.25, 0.3) is 0 Å². The summed E-state index contributed by atoms with van der Waals surface area (Å²) < 4.78 is 7.04. The third-order valence-electron chi connectivity index (χ3n) is 3.19. The summed E-state index contributed by atoms with van der Waals surface area (Å²) in [6.45, 7) is 2.65. The first-order valence-electron chi connectivity index (χ1n) is 6.18. The number of hydrogen-bond donors (Lipinski definition) is 2. The van der Waals surface area contributed by atoms with Crippen LogP contribution in [-0.2, 0) is 13.6 Å². The van der Waals surface area contributed by atoms with Crippen LogP contribution in [0.15, 0.2) is 30.6 Å². The average molecular weight is 261 g/mol. The highest BCUT2D eigenvalue weighted by Crippen LogP contribution is 2.28. The van der Waals surface area contributed by atoms with E-state index in [1.54, 1.807) is 19.4 Å². The molecule has 0 saturated heterocycles. The van der Waals surface area contributed by atoms with E-state index in [0.717, 1.165) is 11.4 Å². The quantitative estimate of drug-likeness (QED) is 0.864. The number of imidazole rings is 1. The Morgan fingerprint density at radius 2 is 2.26 bits per heavy atom. The van der Waals surface area contributed by atoms with Gasteiger partial charge >= 0.3 is 0 Å². The first-order chi connectivity index (χ1) is 9.11. The summed E-state index contributed by atoms with van der Waals surface area (Å²) in [6.07, 6.45) is 3.68. The number of nitrogens with one attached hydrogen (secondary N) is 1. The number of benzene rings is 1. The molecular formula is C14H19N3O2. The third kappa shape index (κ3) is 3.06. The molecule has 5 heteroatoms. The molecule has 1 unspecified atom stereocenters. The van der Waals surface area contributed by atoms with Crippen molar-refractivity contribution in [1.29, 1.82) is 0 Å².